The maximum atomic E-state index is 13.2. The number of rotatable bonds is 2. The van der Waals surface area contributed by atoms with E-state index in [1.807, 2.05) is 22.8 Å². The minimum atomic E-state index is -2.70. The summed E-state index contributed by atoms with van der Waals surface area (Å²) in [6.45, 7) is 0.602. The van der Waals surface area contributed by atoms with Crippen molar-refractivity contribution in [3.8, 4) is 17.1 Å². The lowest BCUT2D eigenvalue weighted by molar-refractivity contribution is 0.104. The molecule has 24 heavy (non-hydrogen) atoms. The number of fused-ring (bicyclic) bond motifs is 3. The van der Waals surface area contributed by atoms with Crippen molar-refractivity contribution in [1.82, 2.24) is 9.55 Å². The van der Waals surface area contributed by atoms with Gasteiger partial charge in [-0.3, -0.25) is 0 Å². The largest absolute Gasteiger partial charge is 0.491 e. The van der Waals surface area contributed by atoms with Crippen molar-refractivity contribution >= 4 is 34.5 Å². The van der Waals surface area contributed by atoms with Gasteiger partial charge in [0.05, 0.1) is 12.1 Å². The molecule has 3 heterocycles. The van der Waals surface area contributed by atoms with Crippen LogP contribution in [0.25, 0.3) is 11.4 Å². The summed E-state index contributed by atoms with van der Waals surface area (Å²) in [7, 11) is 0. The van der Waals surface area contributed by atoms with E-state index in [1.54, 1.807) is 6.20 Å². The van der Waals surface area contributed by atoms with Crippen molar-refractivity contribution in [3.63, 3.8) is 0 Å². The van der Waals surface area contributed by atoms with Crippen LogP contribution in [0.1, 0.15) is 0 Å². The highest BCUT2D eigenvalue weighted by molar-refractivity contribution is 14.1. The van der Waals surface area contributed by atoms with E-state index in [1.165, 1.54) is 0 Å². The molecule has 0 aliphatic carbocycles. The van der Waals surface area contributed by atoms with Gasteiger partial charge in [-0.2, -0.15) is 0 Å². The van der Waals surface area contributed by atoms with E-state index in [4.69, 9.17) is 9.47 Å². The number of ether oxygens (including phenoxy) is 2. The molecule has 0 N–H and O–H groups in total. The number of cyclic esters (lactones) is 1. The molecule has 0 radical (unpaired) electrons. The normalized spacial score (nSPS) is 19.6. The summed E-state index contributed by atoms with van der Waals surface area (Å²) in [4.78, 5) is 17.2. The number of amides is 1. The van der Waals surface area contributed by atoms with E-state index < -0.39 is 18.6 Å². The van der Waals surface area contributed by atoms with Gasteiger partial charge in [0, 0.05) is 9.77 Å². The van der Waals surface area contributed by atoms with Gasteiger partial charge in [-0.25, -0.2) is 23.5 Å². The van der Waals surface area contributed by atoms with Gasteiger partial charge in [-0.1, -0.05) is 0 Å². The molecule has 1 aromatic carbocycles. The summed E-state index contributed by atoms with van der Waals surface area (Å²) >= 11 is 2.19. The highest BCUT2D eigenvalue weighted by Gasteiger charge is 2.42. The van der Waals surface area contributed by atoms with Crippen LogP contribution in [0.4, 0.5) is 19.4 Å². The van der Waals surface area contributed by atoms with Gasteiger partial charge < -0.3 is 14.0 Å². The fourth-order valence-electron chi connectivity index (χ4n) is 2.84. The lowest BCUT2D eigenvalue weighted by Gasteiger charge is -2.17. The number of aromatic nitrogens is 2. The van der Waals surface area contributed by atoms with E-state index in [2.05, 4.69) is 27.6 Å². The molecule has 4 rings (SSSR count). The smallest absolute Gasteiger partial charge is 0.416 e. The molecule has 0 bridgehead atoms. The number of carbonyl (C=O) groups excluding carboxylic acids is 1. The molecule has 1 fully saturated rings. The Balaban J connectivity index is 1.79. The standard InChI is InChI=1S/C15H12F2IN3O3/c16-13(17)10-7-24-15(22)21(10)12-6-20-3-4-23-11-5-8(18)1-2-9(11)14(20)19-12/h1-2,5-6,10,13H,3-4,7H2. The molecular weight excluding hydrogens is 435 g/mol. The predicted molar refractivity (Wildman–Crippen MR) is 89.5 cm³/mol. The maximum Gasteiger partial charge on any atom is 0.416 e. The molecule has 2 aliphatic rings. The first kappa shape index (κ1) is 15.6. The van der Waals surface area contributed by atoms with Crippen LogP contribution in [0.2, 0.25) is 0 Å². The Kier molecular flexibility index (Phi) is 3.82. The van der Waals surface area contributed by atoms with Crippen LogP contribution < -0.4 is 9.64 Å². The Morgan fingerprint density at radius 3 is 2.96 bits per heavy atom. The zero-order valence-electron chi connectivity index (χ0n) is 12.3. The first-order valence-electron chi connectivity index (χ1n) is 7.28. The van der Waals surface area contributed by atoms with Crippen molar-refractivity contribution in [1.29, 1.82) is 0 Å². The minimum Gasteiger partial charge on any atom is -0.491 e. The van der Waals surface area contributed by atoms with Gasteiger partial charge >= 0.3 is 6.09 Å². The van der Waals surface area contributed by atoms with Gasteiger partial charge in [-0.05, 0) is 40.8 Å². The number of benzene rings is 1. The molecule has 0 saturated carbocycles. The van der Waals surface area contributed by atoms with Crippen molar-refractivity contribution in [2.45, 2.75) is 19.0 Å². The zero-order valence-corrected chi connectivity index (χ0v) is 14.4. The number of carbonyl (C=O) groups is 1. The number of halogens is 3. The fraction of sp³-hybridized carbons (Fsp3) is 0.333. The van der Waals surface area contributed by atoms with Gasteiger partial charge in [0.2, 0.25) is 0 Å². The number of anilines is 1. The monoisotopic (exact) mass is 447 g/mol. The minimum absolute atomic E-state index is 0.171. The van der Waals surface area contributed by atoms with Crippen LogP contribution in [-0.2, 0) is 11.3 Å². The number of imidazole rings is 1. The van der Waals surface area contributed by atoms with Crippen LogP contribution >= 0.6 is 22.6 Å². The molecule has 1 atom stereocenters. The highest BCUT2D eigenvalue weighted by atomic mass is 127. The third-order valence-corrected chi connectivity index (χ3v) is 4.65. The molecule has 0 spiro atoms. The molecule has 6 nitrogen and oxygen atoms in total. The van der Waals surface area contributed by atoms with Crippen molar-refractivity contribution in [3.05, 3.63) is 28.0 Å². The summed E-state index contributed by atoms with van der Waals surface area (Å²) < 4.78 is 39.6. The number of nitrogens with zero attached hydrogens (tertiary/aromatic N) is 3. The van der Waals surface area contributed by atoms with E-state index >= 15 is 0 Å². The molecule has 1 aromatic heterocycles. The van der Waals surface area contributed by atoms with Crippen LogP contribution in [0, 0.1) is 3.57 Å². The second-order valence-electron chi connectivity index (χ2n) is 5.45. The maximum absolute atomic E-state index is 13.2. The molecule has 2 aromatic rings. The molecule has 2 aliphatic heterocycles. The Bertz CT molecular complexity index is 811. The first-order chi connectivity index (χ1) is 11.5. The molecule has 1 amide bonds. The van der Waals surface area contributed by atoms with Crippen LogP contribution in [0.5, 0.6) is 5.75 Å². The molecule has 9 heteroatoms. The van der Waals surface area contributed by atoms with Gasteiger partial charge in [0.1, 0.15) is 30.8 Å². The Morgan fingerprint density at radius 2 is 2.17 bits per heavy atom. The quantitative estimate of drug-likeness (QED) is 0.665. The Morgan fingerprint density at radius 1 is 1.33 bits per heavy atom. The Hall–Kier alpha value is -1.91. The van der Waals surface area contributed by atoms with Gasteiger partial charge in [0.15, 0.2) is 5.82 Å². The van der Waals surface area contributed by atoms with E-state index in [9.17, 15) is 13.6 Å². The van der Waals surface area contributed by atoms with Crippen LogP contribution in [-0.4, -0.2) is 41.3 Å². The summed E-state index contributed by atoms with van der Waals surface area (Å²) in [5.41, 5.74) is 0.764. The van der Waals surface area contributed by atoms with E-state index in [-0.39, 0.29) is 12.4 Å². The molecule has 1 unspecified atom stereocenters. The second-order valence-corrected chi connectivity index (χ2v) is 6.70. The SMILES string of the molecule is O=C1OCC(C(F)F)N1c1cn2c(n1)-c1ccc(I)cc1OCC2. The highest BCUT2D eigenvalue weighted by Crippen LogP contribution is 2.36. The van der Waals surface area contributed by atoms with Crippen LogP contribution in [0.3, 0.4) is 0 Å². The lowest BCUT2D eigenvalue weighted by atomic mass is 10.2. The summed E-state index contributed by atoms with van der Waals surface area (Å²) in [6, 6.07) is 4.37. The summed E-state index contributed by atoms with van der Waals surface area (Å²) in [6.07, 6.45) is -1.91. The van der Waals surface area contributed by atoms with Crippen molar-refractivity contribution in [2.24, 2.45) is 0 Å². The van der Waals surface area contributed by atoms with Crippen molar-refractivity contribution in [2.75, 3.05) is 18.1 Å². The number of alkyl halides is 2. The fourth-order valence-corrected chi connectivity index (χ4v) is 3.31. The summed E-state index contributed by atoms with van der Waals surface area (Å²) in [5.74, 6) is 1.44. The molecule has 126 valence electrons. The van der Waals surface area contributed by atoms with Gasteiger partial charge in [-0.15, -0.1) is 0 Å². The third kappa shape index (κ3) is 2.50. The molecular formula is C15H12F2IN3O3. The number of hydrogen-bond acceptors (Lipinski definition) is 4. The third-order valence-electron chi connectivity index (χ3n) is 3.98. The molecule has 1 saturated heterocycles. The zero-order chi connectivity index (χ0) is 16.8. The van der Waals surface area contributed by atoms with Crippen LogP contribution in [0.15, 0.2) is 24.4 Å². The lowest BCUT2D eigenvalue weighted by Crippen LogP contribution is -2.38. The Labute approximate surface area is 149 Å². The predicted octanol–water partition coefficient (Wildman–Crippen LogP) is 3.14. The topological polar surface area (TPSA) is 56.6 Å². The second kappa shape index (κ2) is 5.87. The van der Waals surface area contributed by atoms with Crippen molar-refractivity contribution < 1.29 is 23.0 Å². The summed E-state index contributed by atoms with van der Waals surface area (Å²) in [5, 5.41) is 0. The average Bonchev–Trinajstić information content (AvgIpc) is 3.07. The number of hydrogen-bond donors (Lipinski definition) is 0. The van der Waals surface area contributed by atoms with E-state index in [0.717, 1.165) is 14.0 Å². The van der Waals surface area contributed by atoms with Gasteiger partial charge in [0.25, 0.3) is 6.43 Å². The average molecular weight is 447 g/mol. The first-order valence-corrected chi connectivity index (χ1v) is 8.36. The van der Waals surface area contributed by atoms with E-state index in [0.29, 0.717) is 24.7 Å².